The minimum atomic E-state index is 0.302. The molecule has 0 bridgehead atoms. The normalized spacial score (nSPS) is 20.6. The van der Waals surface area contributed by atoms with Crippen molar-refractivity contribution in [1.82, 2.24) is 4.90 Å². The number of nitrogens with one attached hydrogen (secondary N) is 1. The van der Waals surface area contributed by atoms with E-state index in [4.69, 9.17) is 10.1 Å². The molecule has 8 heavy (non-hydrogen) atoms. The van der Waals surface area contributed by atoms with Gasteiger partial charge in [0.25, 0.3) is 6.02 Å². The largest absolute Gasteiger partial charge is 0.465 e. The number of ether oxygens (including phenoxy) is 1. The molecule has 1 rings (SSSR count). The van der Waals surface area contributed by atoms with Crippen LogP contribution >= 0.6 is 0 Å². The van der Waals surface area contributed by atoms with Gasteiger partial charge in [0.2, 0.25) is 0 Å². The fourth-order valence-corrected chi connectivity index (χ4v) is 0.682. The Morgan fingerprint density at radius 2 is 2.50 bits per heavy atom. The average Bonchev–Trinajstić information content (AvgIpc) is 1.77. The monoisotopic (exact) mass is 114 g/mol. The van der Waals surface area contributed by atoms with Crippen LogP contribution in [0.4, 0.5) is 0 Å². The molecule has 1 aliphatic rings. The molecule has 1 aliphatic heterocycles. The minimum Gasteiger partial charge on any atom is -0.465 e. The van der Waals surface area contributed by atoms with E-state index in [2.05, 4.69) is 0 Å². The standard InChI is InChI=1S/C5H10N2O/c1-7-3-2-4-8-5(7)6/h6H,2-4H2,1H3. The Morgan fingerprint density at radius 3 is 2.88 bits per heavy atom. The van der Waals surface area contributed by atoms with Gasteiger partial charge >= 0.3 is 0 Å². The first kappa shape index (κ1) is 5.41. The van der Waals surface area contributed by atoms with Crippen LogP contribution in [0.5, 0.6) is 0 Å². The highest BCUT2D eigenvalue weighted by Crippen LogP contribution is 1.98. The van der Waals surface area contributed by atoms with Gasteiger partial charge in [-0.15, -0.1) is 0 Å². The molecule has 0 aliphatic carbocycles. The lowest BCUT2D eigenvalue weighted by atomic mass is 10.4. The van der Waals surface area contributed by atoms with Crippen LogP contribution in [0.15, 0.2) is 0 Å². The predicted octanol–water partition coefficient (Wildman–Crippen LogP) is 0.273. The Balaban J connectivity index is 2.39. The molecule has 0 atom stereocenters. The van der Waals surface area contributed by atoms with Crippen LogP contribution in [0.25, 0.3) is 0 Å². The lowest BCUT2D eigenvalue weighted by molar-refractivity contribution is 0.188. The maximum Gasteiger partial charge on any atom is 0.284 e. The Bertz CT molecular complexity index is 103. The summed E-state index contributed by atoms with van der Waals surface area (Å²) < 4.78 is 4.90. The van der Waals surface area contributed by atoms with E-state index in [9.17, 15) is 0 Å². The number of hydrogen-bond donors (Lipinski definition) is 1. The Morgan fingerprint density at radius 1 is 1.75 bits per heavy atom. The molecule has 0 saturated carbocycles. The van der Waals surface area contributed by atoms with E-state index in [1.165, 1.54) is 0 Å². The van der Waals surface area contributed by atoms with Crippen molar-refractivity contribution < 1.29 is 4.74 Å². The molecule has 3 nitrogen and oxygen atoms in total. The zero-order valence-corrected chi connectivity index (χ0v) is 4.98. The van der Waals surface area contributed by atoms with Crippen LogP contribution in [0, 0.1) is 5.41 Å². The van der Waals surface area contributed by atoms with Gasteiger partial charge in [0.1, 0.15) is 0 Å². The topological polar surface area (TPSA) is 36.3 Å². The van der Waals surface area contributed by atoms with E-state index in [-0.39, 0.29) is 0 Å². The maximum absolute atomic E-state index is 7.10. The number of hydrogen-bond acceptors (Lipinski definition) is 2. The third-order valence-corrected chi connectivity index (χ3v) is 1.22. The van der Waals surface area contributed by atoms with Crippen molar-refractivity contribution in [1.29, 1.82) is 5.41 Å². The average molecular weight is 114 g/mol. The molecule has 0 spiro atoms. The van der Waals surface area contributed by atoms with Crippen molar-refractivity contribution in [2.24, 2.45) is 0 Å². The molecule has 3 heteroatoms. The van der Waals surface area contributed by atoms with E-state index < -0.39 is 0 Å². The molecule has 0 radical (unpaired) electrons. The molecule has 0 aromatic rings. The molecular weight excluding hydrogens is 104 g/mol. The van der Waals surface area contributed by atoms with E-state index in [1.807, 2.05) is 7.05 Å². The van der Waals surface area contributed by atoms with Gasteiger partial charge in [-0.2, -0.15) is 0 Å². The van der Waals surface area contributed by atoms with Crippen LogP contribution in [0.2, 0.25) is 0 Å². The number of amidine groups is 1. The second kappa shape index (κ2) is 2.03. The summed E-state index contributed by atoms with van der Waals surface area (Å²) in [6.07, 6.45) is 1.04. The molecule has 1 fully saturated rings. The maximum atomic E-state index is 7.10. The Labute approximate surface area is 48.8 Å². The summed E-state index contributed by atoms with van der Waals surface area (Å²) in [6.45, 7) is 1.67. The van der Waals surface area contributed by atoms with Crippen LogP contribution in [0.3, 0.4) is 0 Å². The summed E-state index contributed by atoms with van der Waals surface area (Å²) in [5.41, 5.74) is 0. The third-order valence-electron chi connectivity index (χ3n) is 1.22. The van der Waals surface area contributed by atoms with Gasteiger partial charge in [0.05, 0.1) is 6.61 Å². The smallest absolute Gasteiger partial charge is 0.284 e. The molecule has 0 aromatic heterocycles. The van der Waals surface area contributed by atoms with Crippen LogP contribution in [-0.2, 0) is 4.74 Å². The summed E-state index contributed by atoms with van der Waals surface area (Å²) >= 11 is 0. The van der Waals surface area contributed by atoms with Gasteiger partial charge < -0.3 is 9.64 Å². The van der Waals surface area contributed by atoms with Gasteiger partial charge in [-0.05, 0) is 6.42 Å². The van der Waals surface area contributed by atoms with Gasteiger partial charge in [-0.1, -0.05) is 0 Å². The van der Waals surface area contributed by atoms with Crippen molar-refractivity contribution >= 4 is 6.02 Å². The molecule has 46 valence electrons. The quantitative estimate of drug-likeness (QED) is 0.491. The fourth-order valence-electron chi connectivity index (χ4n) is 0.682. The lowest BCUT2D eigenvalue weighted by Gasteiger charge is -2.24. The highest BCUT2D eigenvalue weighted by Gasteiger charge is 2.09. The van der Waals surface area contributed by atoms with E-state index in [0.29, 0.717) is 12.6 Å². The molecule has 1 heterocycles. The van der Waals surface area contributed by atoms with E-state index in [0.717, 1.165) is 13.0 Å². The number of nitrogens with zero attached hydrogens (tertiary/aromatic N) is 1. The summed E-state index contributed by atoms with van der Waals surface area (Å²) in [7, 11) is 1.86. The van der Waals surface area contributed by atoms with Gasteiger partial charge in [0, 0.05) is 13.6 Å². The molecule has 1 N–H and O–H groups in total. The first-order chi connectivity index (χ1) is 3.80. The Hall–Kier alpha value is -0.730. The second-order valence-corrected chi connectivity index (χ2v) is 1.93. The summed E-state index contributed by atoms with van der Waals surface area (Å²) in [4.78, 5) is 1.80. The zero-order valence-electron chi connectivity index (χ0n) is 4.98. The van der Waals surface area contributed by atoms with Crippen molar-refractivity contribution in [2.75, 3.05) is 20.2 Å². The molecule has 0 aromatic carbocycles. The second-order valence-electron chi connectivity index (χ2n) is 1.93. The number of rotatable bonds is 0. The van der Waals surface area contributed by atoms with Crippen molar-refractivity contribution in [3.8, 4) is 0 Å². The summed E-state index contributed by atoms with van der Waals surface area (Å²) in [5, 5.41) is 7.10. The molecule has 0 unspecified atom stereocenters. The first-order valence-electron chi connectivity index (χ1n) is 2.73. The van der Waals surface area contributed by atoms with E-state index >= 15 is 0 Å². The van der Waals surface area contributed by atoms with Crippen LogP contribution < -0.4 is 0 Å². The highest BCUT2D eigenvalue weighted by molar-refractivity contribution is 5.70. The van der Waals surface area contributed by atoms with Gasteiger partial charge in [0.15, 0.2) is 0 Å². The minimum absolute atomic E-state index is 0.302. The van der Waals surface area contributed by atoms with Gasteiger partial charge in [-0.3, -0.25) is 5.41 Å². The van der Waals surface area contributed by atoms with E-state index in [1.54, 1.807) is 4.90 Å². The van der Waals surface area contributed by atoms with Crippen molar-refractivity contribution in [3.05, 3.63) is 0 Å². The Kier molecular flexibility index (Phi) is 1.37. The van der Waals surface area contributed by atoms with Gasteiger partial charge in [-0.25, -0.2) is 0 Å². The summed E-state index contributed by atoms with van der Waals surface area (Å²) in [6, 6.07) is 0.302. The molecule has 1 saturated heterocycles. The van der Waals surface area contributed by atoms with Crippen LogP contribution in [-0.4, -0.2) is 31.1 Å². The lowest BCUT2D eigenvalue weighted by Crippen LogP contribution is -2.34. The third kappa shape index (κ3) is 0.911. The molecule has 0 amide bonds. The van der Waals surface area contributed by atoms with Crippen molar-refractivity contribution in [3.63, 3.8) is 0 Å². The van der Waals surface area contributed by atoms with Crippen LogP contribution in [0.1, 0.15) is 6.42 Å². The predicted molar refractivity (Wildman–Crippen MR) is 30.9 cm³/mol. The summed E-state index contributed by atoms with van der Waals surface area (Å²) in [5.74, 6) is 0. The fraction of sp³-hybridized carbons (Fsp3) is 0.800. The SMILES string of the molecule is CN1CCCOC1=N. The highest BCUT2D eigenvalue weighted by atomic mass is 16.5. The molecular formula is C5H10N2O. The first-order valence-corrected chi connectivity index (χ1v) is 2.73. The van der Waals surface area contributed by atoms with Crippen molar-refractivity contribution in [2.45, 2.75) is 6.42 Å². The zero-order chi connectivity index (χ0) is 5.98.